The maximum absolute atomic E-state index is 13.3. The monoisotopic (exact) mass is 285 g/mol. The zero-order valence-corrected chi connectivity index (χ0v) is 11.1. The molecule has 88 valence electrons. The van der Waals surface area contributed by atoms with E-state index in [1.165, 1.54) is 18.9 Å². The van der Waals surface area contributed by atoms with Gasteiger partial charge in [-0.15, -0.1) is 0 Å². The Bertz CT molecular complexity index is 341. The molecule has 1 aromatic carbocycles. The van der Waals surface area contributed by atoms with Crippen molar-refractivity contribution >= 4 is 15.9 Å². The molecule has 1 heterocycles. The molecular weight excluding hydrogens is 269 g/mol. The number of piperidine rings is 1. The Morgan fingerprint density at radius 1 is 1.31 bits per heavy atom. The van der Waals surface area contributed by atoms with Gasteiger partial charge in [0.05, 0.1) is 0 Å². The van der Waals surface area contributed by atoms with Gasteiger partial charge in [0.2, 0.25) is 0 Å². The van der Waals surface area contributed by atoms with Crippen LogP contribution in [0.2, 0.25) is 0 Å². The topological polar surface area (TPSA) is 12.0 Å². The Kier molecular flexibility index (Phi) is 3.98. The first-order valence-electron chi connectivity index (χ1n) is 5.83. The summed E-state index contributed by atoms with van der Waals surface area (Å²) in [6.07, 6.45) is 2.38. The number of rotatable bonds is 2. The van der Waals surface area contributed by atoms with E-state index in [4.69, 9.17) is 0 Å². The molecule has 1 atom stereocenters. The predicted molar refractivity (Wildman–Crippen MR) is 68.1 cm³/mol. The van der Waals surface area contributed by atoms with Gasteiger partial charge in [0.25, 0.3) is 0 Å². The average Bonchev–Trinajstić information content (AvgIpc) is 2.28. The van der Waals surface area contributed by atoms with Gasteiger partial charge in [0, 0.05) is 4.47 Å². The van der Waals surface area contributed by atoms with Crippen molar-refractivity contribution in [1.82, 2.24) is 5.32 Å². The van der Waals surface area contributed by atoms with Gasteiger partial charge in [-0.05, 0) is 61.5 Å². The smallest absolute Gasteiger partial charge is 0.124 e. The highest BCUT2D eigenvalue weighted by molar-refractivity contribution is 9.10. The number of halogens is 2. The largest absolute Gasteiger partial charge is 0.317 e. The van der Waals surface area contributed by atoms with Crippen LogP contribution in [0, 0.1) is 11.7 Å². The fourth-order valence-electron chi connectivity index (χ4n) is 2.45. The van der Waals surface area contributed by atoms with E-state index in [1.807, 2.05) is 6.07 Å². The summed E-state index contributed by atoms with van der Waals surface area (Å²) >= 11 is 3.35. The number of benzene rings is 1. The predicted octanol–water partition coefficient (Wildman–Crippen LogP) is 3.69. The summed E-state index contributed by atoms with van der Waals surface area (Å²) in [4.78, 5) is 0. The van der Waals surface area contributed by atoms with Gasteiger partial charge in [-0.1, -0.05) is 22.9 Å². The first kappa shape index (κ1) is 12.1. The summed E-state index contributed by atoms with van der Waals surface area (Å²) in [5.74, 6) is 0.967. The molecule has 1 aliphatic heterocycles. The van der Waals surface area contributed by atoms with Gasteiger partial charge in [0.15, 0.2) is 0 Å². The Morgan fingerprint density at radius 3 is 2.62 bits per heavy atom. The van der Waals surface area contributed by atoms with Gasteiger partial charge in [-0.25, -0.2) is 4.39 Å². The second-order valence-electron chi connectivity index (χ2n) is 4.58. The summed E-state index contributed by atoms with van der Waals surface area (Å²) in [5, 5.41) is 3.36. The normalized spacial score (nSPS) is 19.7. The third-order valence-corrected chi connectivity index (χ3v) is 3.96. The second kappa shape index (κ2) is 5.28. The minimum atomic E-state index is -0.148. The fraction of sp³-hybridized carbons (Fsp3) is 0.538. The lowest BCUT2D eigenvalue weighted by molar-refractivity contribution is 0.330. The van der Waals surface area contributed by atoms with Crippen LogP contribution < -0.4 is 5.32 Å². The Labute approximate surface area is 105 Å². The van der Waals surface area contributed by atoms with Crippen molar-refractivity contribution in [1.29, 1.82) is 0 Å². The molecule has 1 N–H and O–H groups in total. The van der Waals surface area contributed by atoms with E-state index in [-0.39, 0.29) is 5.82 Å². The van der Waals surface area contributed by atoms with Crippen LogP contribution in [0.25, 0.3) is 0 Å². The van der Waals surface area contributed by atoms with E-state index in [9.17, 15) is 4.39 Å². The SMILES string of the molecule is CC(c1cc(F)cc(Br)c1)C1CCNCC1. The van der Waals surface area contributed by atoms with Crippen LogP contribution in [0.15, 0.2) is 22.7 Å². The molecule has 1 nitrogen and oxygen atoms in total. The molecule has 1 fully saturated rings. The van der Waals surface area contributed by atoms with Crippen molar-refractivity contribution in [3.8, 4) is 0 Å². The van der Waals surface area contributed by atoms with Crippen LogP contribution in [0.4, 0.5) is 4.39 Å². The molecule has 1 saturated heterocycles. The summed E-state index contributed by atoms with van der Waals surface area (Å²) in [5.41, 5.74) is 1.11. The lowest BCUT2D eigenvalue weighted by Crippen LogP contribution is -2.30. The van der Waals surface area contributed by atoms with Crippen molar-refractivity contribution in [2.24, 2.45) is 5.92 Å². The summed E-state index contributed by atoms with van der Waals surface area (Å²) in [6.45, 7) is 4.38. The molecule has 0 amide bonds. The van der Waals surface area contributed by atoms with Gasteiger partial charge in [0.1, 0.15) is 5.82 Å². The van der Waals surface area contributed by atoms with E-state index in [0.29, 0.717) is 11.8 Å². The minimum Gasteiger partial charge on any atom is -0.317 e. The molecule has 2 rings (SSSR count). The lowest BCUT2D eigenvalue weighted by atomic mass is 9.82. The zero-order chi connectivity index (χ0) is 11.5. The van der Waals surface area contributed by atoms with Crippen LogP contribution in [-0.2, 0) is 0 Å². The molecule has 0 aromatic heterocycles. The summed E-state index contributed by atoms with van der Waals surface area (Å²) in [7, 11) is 0. The summed E-state index contributed by atoms with van der Waals surface area (Å²) < 4.78 is 14.1. The van der Waals surface area contributed by atoms with Gasteiger partial charge < -0.3 is 5.32 Å². The van der Waals surface area contributed by atoms with Crippen LogP contribution in [0.1, 0.15) is 31.2 Å². The van der Waals surface area contributed by atoms with Gasteiger partial charge in [-0.3, -0.25) is 0 Å². The Hall–Kier alpha value is -0.410. The average molecular weight is 286 g/mol. The van der Waals surface area contributed by atoms with Crippen LogP contribution in [0.3, 0.4) is 0 Å². The second-order valence-corrected chi connectivity index (χ2v) is 5.49. The van der Waals surface area contributed by atoms with Gasteiger partial charge >= 0.3 is 0 Å². The van der Waals surface area contributed by atoms with Crippen LogP contribution in [-0.4, -0.2) is 13.1 Å². The van der Waals surface area contributed by atoms with Crippen molar-refractivity contribution in [3.05, 3.63) is 34.1 Å². The lowest BCUT2D eigenvalue weighted by Gasteiger charge is -2.28. The number of hydrogen-bond acceptors (Lipinski definition) is 1. The quantitative estimate of drug-likeness (QED) is 0.874. The number of nitrogens with one attached hydrogen (secondary N) is 1. The van der Waals surface area contributed by atoms with E-state index in [2.05, 4.69) is 28.2 Å². The van der Waals surface area contributed by atoms with Crippen molar-refractivity contribution in [2.45, 2.75) is 25.7 Å². The third-order valence-electron chi connectivity index (χ3n) is 3.50. The molecule has 0 saturated carbocycles. The third kappa shape index (κ3) is 2.83. The van der Waals surface area contributed by atoms with Crippen LogP contribution >= 0.6 is 15.9 Å². The van der Waals surface area contributed by atoms with Crippen molar-refractivity contribution in [3.63, 3.8) is 0 Å². The molecule has 0 spiro atoms. The maximum atomic E-state index is 13.3. The van der Waals surface area contributed by atoms with E-state index in [0.717, 1.165) is 23.1 Å². The maximum Gasteiger partial charge on any atom is 0.124 e. The molecule has 1 aromatic rings. The van der Waals surface area contributed by atoms with Gasteiger partial charge in [-0.2, -0.15) is 0 Å². The minimum absolute atomic E-state index is 0.148. The Morgan fingerprint density at radius 2 is 2.00 bits per heavy atom. The first-order valence-corrected chi connectivity index (χ1v) is 6.63. The van der Waals surface area contributed by atoms with Crippen LogP contribution in [0.5, 0.6) is 0 Å². The van der Waals surface area contributed by atoms with Crippen molar-refractivity contribution < 1.29 is 4.39 Å². The van der Waals surface area contributed by atoms with E-state index in [1.54, 1.807) is 6.07 Å². The highest BCUT2D eigenvalue weighted by Crippen LogP contribution is 2.32. The molecule has 16 heavy (non-hydrogen) atoms. The zero-order valence-electron chi connectivity index (χ0n) is 9.47. The molecular formula is C13H17BrFN. The van der Waals surface area contributed by atoms with E-state index < -0.39 is 0 Å². The molecule has 1 unspecified atom stereocenters. The number of hydrogen-bond donors (Lipinski definition) is 1. The standard InChI is InChI=1S/C13H17BrFN/c1-9(10-2-4-16-5-3-10)11-6-12(14)8-13(15)7-11/h6-10,16H,2-5H2,1H3. The fourth-order valence-corrected chi connectivity index (χ4v) is 2.94. The highest BCUT2D eigenvalue weighted by atomic mass is 79.9. The molecule has 1 aliphatic rings. The highest BCUT2D eigenvalue weighted by Gasteiger charge is 2.21. The summed E-state index contributed by atoms with van der Waals surface area (Å²) in [6, 6.07) is 5.21. The Balaban J connectivity index is 2.15. The molecule has 0 bridgehead atoms. The molecule has 0 aliphatic carbocycles. The van der Waals surface area contributed by atoms with E-state index >= 15 is 0 Å². The first-order chi connectivity index (χ1) is 7.66. The molecule has 3 heteroatoms. The van der Waals surface area contributed by atoms with Crippen molar-refractivity contribution in [2.75, 3.05) is 13.1 Å². The molecule has 0 radical (unpaired) electrons.